The summed E-state index contributed by atoms with van der Waals surface area (Å²) in [6.07, 6.45) is 3.12. The van der Waals surface area contributed by atoms with E-state index in [2.05, 4.69) is 24.5 Å². The van der Waals surface area contributed by atoms with Crippen LogP contribution >= 0.6 is 0 Å². The fourth-order valence-corrected chi connectivity index (χ4v) is 2.93. The molecule has 25 heavy (non-hydrogen) atoms. The average Bonchev–Trinajstić information content (AvgIpc) is 3.03. The van der Waals surface area contributed by atoms with Crippen molar-refractivity contribution in [3.63, 3.8) is 0 Å². The van der Waals surface area contributed by atoms with E-state index >= 15 is 0 Å². The topological polar surface area (TPSA) is 78.5 Å². The summed E-state index contributed by atoms with van der Waals surface area (Å²) in [5.74, 6) is -0.831. The summed E-state index contributed by atoms with van der Waals surface area (Å²) in [4.78, 5) is 37.3. The molecule has 1 saturated heterocycles. The van der Waals surface area contributed by atoms with Crippen molar-refractivity contribution in [1.29, 1.82) is 0 Å². The van der Waals surface area contributed by atoms with E-state index in [0.717, 1.165) is 24.9 Å². The number of nitrogens with one attached hydrogen (secondary N) is 2. The quantitative estimate of drug-likeness (QED) is 0.588. The molecule has 0 bridgehead atoms. The van der Waals surface area contributed by atoms with Gasteiger partial charge in [-0.2, -0.15) is 0 Å². The van der Waals surface area contributed by atoms with Crippen molar-refractivity contribution in [3.05, 3.63) is 29.8 Å². The molecule has 1 aliphatic rings. The highest BCUT2D eigenvalue weighted by Gasteiger charge is 2.20. The number of hydrogen-bond acceptors (Lipinski definition) is 3. The van der Waals surface area contributed by atoms with Crippen LogP contribution in [0, 0.1) is 0 Å². The van der Waals surface area contributed by atoms with Crippen LogP contribution in [0.1, 0.15) is 51.0 Å². The summed E-state index contributed by atoms with van der Waals surface area (Å²) in [5.41, 5.74) is 1.71. The molecule has 136 valence electrons. The van der Waals surface area contributed by atoms with Gasteiger partial charge in [-0.15, -0.1) is 0 Å². The standard InChI is InChI=1S/C19H27N3O3/c1-3-14(2)15-8-4-5-9-16(15)21-19(25)18(24)20-11-7-13-22-12-6-10-17(22)23/h4-5,8-9,14H,3,6-7,10-13H2,1-2H3,(H,20,24)(H,21,25). The van der Waals surface area contributed by atoms with Crippen LogP contribution in [0.25, 0.3) is 0 Å². The molecular formula is C19H27N3O3. The molecule has 1 aromatic carbocycles. The van der Waals surface area contributed by atoms with Crippen molar-refractivity contribution in [2.24, 2.45) is 0 Å². The highest BCUT2D eigenvalue weighted by molar-refractivity contribution is 6.39. The Labute approximate surface area is 149 Å². The van der Waals surface area contributed by atoms with E-state index in [4.69, 9.17) is 0 Å². The van der Waals surface area contributed by atoms with Gasteiger partial charge >= 0.3 is 11.8 Å². The minimum Gasteiger partial charge on any atom is -0.348 e. The Balaban J connectivity index is 1.78. The maximum absolute atomic E-state index is 12.1. The zero-order chi connectivity index (χ0) is 18.2. The monoisotopic (exact) mass is 345 g/mol. The van der Waals surface area contributed by atoms with Crippen LogP contribution in [0.15, 0.2) is 24.3 Å². The molecule has 0 spiro atoms. The van der Waals surface area contributed by atoms with Gasteiger partial charge in [0.2, 0.25) is 5.91 Å². The smallest absolute Gasteiger partial charge is 0.313 e. The number of benzene rings is 1. The molecule has 1 aromatic rings. The number of likely N-dealkylation sites (tertiary alicyclic amines) is 1. The second kappa shape index (κ2) is 9.20. The van der Waals surface area contributed by atoms with Gasteiger partial charge in [-0.1, -0.05) is 32.0 Å². The predicted octanol–water partition coefficient (Wildman–Crippen LogP) is 2.27. The molecule has 2 N–H and O–H groups in total. The van der Waals surface area contributed by atoms with Gasteiger partial charge in [0, 0.05) is 31.7 Å². The Morgan fingerprint density at radius 1 is 1.24 bits per heavy atom. The fraction of sp³-hybridized carbons (Fsp3) is 0.526. The highest BCUT2D eigenvalue weighted by Crippen LogP contribution is 2.26. The lowest BCUT2D eigenvalue weighted by molar-refractivity contribution is -0.136. The lowest BCUT2D eigenvalue weighted by Crippen LogP contribution is -2.37. The summed E-state index contributed by atoms with van der Waals surface area (Å²) in [6, 6.07) is 7.55. The van der Waals surface area contributed by atoms with Gasteiger partial charge in [-0.05, 0) is 36.8 Å². The maximum Gasteiger partial charge on any atom is 0.313 e. The molecule has 6 heteroatoms. The van der Waals surface area contributed by atoms with Crippen LogP contribution in [0.2, 0.25) is 0 Å². The van der Waals surface area contributed by atoms with Crippen molar-refractivity contribution < 1.29 is 14.4 Å². The molecule has 3 amide bonds. The first-order chi connectivity index (χ1) is 12.0. The Morgan fingerprint density at radius 2 is 2.00 bits per heavy atom. The number of carbonyl (C=O) groups is 3. The number of rotatable bonds is 7. The number of carbonyl (C=O) groups excluding carboxylic acids is 3. The van der Waals surface area contributed by atoms with Crippen LogP contribution in [-0.2, 0) is 14.4 Å². The highest BCUT2D eigenvalue weighted by atomic mass is 16.2. The Kier molecular flexibility index (Phi) is 6.98. The van der Waals surface area contributed by atoms with E-state index in [1.165, 1.54) is 0 Å². The first kappa shape index (κ1) is 19.0. The number of para-hydroxylation sites is 1. The van der Waals surface area contributed by atoms with Gasteiger partial charge < -0.3 is 15.5 Å². The molecule has 1 heterocycles. The third-order valence-electron chi connectivity index (χ3n) is 4.62. The summed E-state index contributed by atoms with van der Waals surface area (Å²) in [7, 11) is 0. The number of anilines is 1. The molecule has 0 radical (unpaired) electrons. The van der Waals surface area contributed by atoms with Crippen LogP contribution in [0.5, 0.6) is 0 Å². The van der Waals surface area contributed by atoms with Gasteiger partial charge in [-0.3, -0.25) is 14.4 Å². The molecule has 6 nitrogen and oxygen atoms in total. The number of hydrogen-bond donors (Lipinski definition) is 2. The van der Waals surface area contributed by atoms with Crippen molar-refractivity contribution >= 4 is 23.4 Å². The third kappa shape index (κ3) is 5.31. The molecule has 0 aromatic heterocycles. The fourth-order valence-electron chi connectivity index (χ4n) is 2.93. The van der Waals surface area contributed by atoms with Crippen molar-refractivity contribution in [1.82, 2.24) is 10.2 Å². The van der Waals surface area contributed by atoms with Crippen molar-refractivity contribution in [3.8, 4) is 0 Å². The zero-order valence-corrected chi connectivity index (χ0v) is 15.0. The van der Waals surface area contributed by atoms with Gasteiger partial charge in [0.1, 0.15) is 0 Å². The summed E-state index contributed by atoms with van der Waals surface area (Å²) >= 11 is 0. The molecular weight excluding hydrogens is 318 g/mol. The molecule has 0 saturated carbocycles. The lowest BCUT2D eigenvalue weighted by atomic mass is 9.97. The van der Waals surface area contributed by atoms with E-state index in [0.29, 0.717) is 37.5 Å². The Hall–Kier alpha value is -2.37. The maximum atomic E-state index is 12.1. The van der Waals surface area contributed by atoms with E-state index in [1.54, 1.807) is 4.90 Å². The predicted molar refractivity (Wildman–Crippen MR) is 97.2 cm³/mol. The normalized spacial score (nSPS) is 15.1. The minimum absolute atomic E-state index is 0.172. The van der Waals surface area contributed by atoms with Crippen molar-refractivity contribution in [2.75, 3.05) is 25.0 Å². The summed E-state index contributed by atoms with van der Waals surface area (Å²) in [6.45, 7) is 5.96. The van der Waals surface area contributed by atoms with E-state index in [1.807, 2.05) is 24.3 Å². The van der Waals surface area contributed by atoms with E-state index < -0.39 is 11.8 Å². The lowest BCUT2D eigenvalue weighted by Gasteiger charge is -2.16. The average molecular weight is 345 g/mol. The van der Waals surface area contributed by atoms with Gasteiger partial charge in [0.25, 0.3) is 0 Å². The first-order valence-electron chi connectivity index (χ1n) is 8.98. The largest absolute Gasteiger partial charge is 0.348 e. The van der Waals surface area contributed by atoms with Crippen molar-refractivity contribution in [2.45, 2.75) is 45.4 Å². The van der Waals surface area contributed by atoms with E-state index in [9.17, 15) is 14.4 Å². The van der Waals surface area contributed by atoms with Crippen LogP contribution in [0.4, 0.5) is 5.69 Å². The van der Waals surface area contributed by atoms with Crippen LogP contribution in [0.3, 0.4) is 0 Å². The number of amides is 3. The second-order valence-electron chi connectivity index (χ2n) is 6.44. The SMILES string of the molecule is CCC(C)c1ccccc1NC(=O)C(=O)NCCCN1CCCC1=O. The Morgan fingerprint density at radius 3 is 2.68 bits per heavy atom. The molecule has 1 aliphatic heterocycles. The van der Waals surface area contributed by atoms with Gasteiger partial charge in [0.15, 0.2) is 0 Å². The van der Waals surface area contributed by atoms with Crippen LogP contribution in [-0.4, -0.2) is 42.3 Å². The molecule has 0 aliphatic carbocycles. The first-order valence-corrected chi connectivity index (χ1v) is 8.98. The molecule has 2 rings (SSSR count). The van der Waals surface area contributed by atoms with Gasteiger partial charge in [0.05, 0.1) is 0 Å². The second-order valence-corrected chi connectivity index (χ2v) is 6.44. The van der Waals surface area contributed by atoms with E-state index in [-0.39, 0.29) is 5.91 Å². The zero-order valence-electron chi connectivity index (χ0n) is 15.0. The minimum atomic E-state index is -0.659. The molecule has 1 fully saturated rings. The summed E-state index contributed by atoms with van der Waals surface area (Å²) < 4.78 is 0. The van der Waals surface area contributed by atoms with Crippen LogP contribution < -0.4 is 10.6 Å². The third-order valence-corrected chi connectivity index (χ3v) is 4.62. The summed E-state index contributed by atoms with van der Waals surface area (Å²) in [5, 5.41) is 5.31. The molecule has 1 atom stereocenters. The Bertz CT molecular complexity index is 630. The van der Waals surface area contributed by atoms with Gasteiger partial charge in [-0.25, -0.2) is 0 Å². The number of nitrogens with zero attached hydrogens (tertiary/aromatic N) is 1. The molecule has 1 unspecified atom stereocenters.